The predicted molar refractivity (Wildman–Crippen MR) is 67.0 cm³/mol. The van der Waals surface area contributed by atoms with Crippen molar-refractivity contribution < 1.29 is 9.53 Å². The van der Waals surface area contributed by atoms with E-state index in [0.29, 0.717) is 25.5 Å². The summed E-state index contributed by atoms with van der Waals surface area (Å²) >= 11 is 0. The van der Waals surface area contributed by atoms with Crippen LogP contribution in [0.2, 0.25) is 0 Å². The van der Waals surface area contributed by atoms with E-state index < -0.39 is 0 Å². The molecule has 0 aromatic carbocycles. The molecule has 3 heteroatoms. The Hall–Kier alpha value is -0.830. The van der Waals surface area contributed by atoms with E-state index in [0.717, 1.165) is 18.4 Å². The summed E-state index contributed by atoms with van der Waals surface area (Å²) in [6.07, 6.45) is 2.24. The van der Waals surface area contributed by atoms with Gasteiger partial charge in [-0.3, -0.25) is 4.79 Å². The number of ether oxygens (including phenoxy) is 1. The smallest absolute Gasteiger partial charge is 0.306 e. The molecule has 0 rings (SSSR count). The van der Waals surface area contributed by atoms with Gasteiger partial charge in [-0.05, 0) is 36.8 Å². The maximum absolute atomic E-state index is 11.5. The number of rotatable bonds is 8. The minimum Gasteiger partial charge on any atom is -0.461 e. The molecule has 0 aliphatic rings. The fourth-order valence-corrected chi connectivity index (χ4v) is 1.51. The minimum absolute atomic E-state index is 0.161. The molecule has 0 radical (unpaired) electrons. The standard InChI is InChI=1S/C13H25NO2/c1-5-11(4)9-16-13(15)7-12(8-14)6-10(2)3/h10,12H,4-9,14H2,1-3H3/t12-/m0/s1. The van der Waals surface area contributed by atoms with Crippen molar-refractivity contribution in [3.05, 3.63) is 12.2 Å². The van der Waals surface area contributed by atoms with Gasteiger partial charge in [0.1, 0.15) is 6.61 Å². The van der Waals surface area contributed by atoms with E-state index in [4.69, 9.17) is 10.5 Å². The van der Waals surface area contributed by atoms with Crippen LogP contribution in [-0.2, 0) is 9.53 Å². The summed E-state index contributed by atoms with van der Waals surface area (Å²) < 4.78 is 5.11. The number of nitrogens with two attached hydrogens (primary N) is 1. The summed E-state index contributed by atoms with van der Waals surface area (Å²) in [5, 5.41) is 0. The molecule has 0 aromatic rings. The van der Waals surface area contributed by atoms with Crippen molar-refractivity contribution in [1.29, 1.82) is 0 Å². The maximum Gasteiger partial charge on any atom is 0.306 e. The van der Waals surface area contributed by atoms with Gasteiger partial charge in [0.15, 0.2) is 0 Å². The van der Waals surface area contributed by atoms with Crippen molar-refractivity contribution in [2.75, 3.05) is 13.2 Å². The summed E-state index contributed by atoms with van der Waals surface area (Å²) in [5.41, 5.74) is 6.57. The Morgan fingerprint density at radius 3 is 2.50 bits per heavy atom. The van der Waals surface area contributed by atoms with Crippen molar-refractivity contribution in [2.45, 2.75) is 40.0 Å². The first-order valence-electron chi connectivity index (χ1n) is 6.01. The van der Waals surface area contributed by atoms with Crippen LogP contribution in [0, 0.1) is 11.8 Å². The largest absolute Gasteiger partial charge is 0.461 e. The topological polar surface area (TPSA) is 52.3 Å². The van der Waals surface area contributed by atoms with E-state index in [1.54, 1.807) is 0 Å². The average molecular weight is 227 g/mol. The summed E-state index contributed by atoms with van der Waals surface area (Å²) in [6, 6.07) is 0. The quantitative estimate of drug-likeness (QED) is 0.512. The van der Waals surface area contributed by atoms with Crippen LogP contribution >= 0.6 is 0 Å². The average Bonchev–Trinajstić information content (AvgIpc) is 2.24. The molecule has 0 amide bonds. The third-order valence-corrected chi connectivity index (χ3v) is 2.53. The number of carbonyl (C=O) groups is 1. The molecule has 16 heavy (non-hydrogen) atoms. The number of esters is 1. The molecule has 94 valence electrons. The molecule has 0 saturated carbocycles. The first kappa shape index (κ1) is 15.2. The Kier molecular flexibility index (Phi) is 7.90. The highest BCUT2D eigenvalue weighted by atomic mass is 16.5. The van der Waals surface area contributed by atoms with Gasteiger partial charge < -0.3 is 10.5 Å². The lowest BCUT2D eigenvalue weighted by Crippen LogP contribution is -2.21. The molecular weight excluding hydrogens is 202 g/mol. The lowest BCUT2D eigenvalue weighted by atomic mass is 9.94. The number of hydrogen-bond donors (Lipinski definition) is 1. The SMILES string of the molecule is C=C(CC)COC(=O)C[C@@H](CN)CC(C)C. The lowest BCUT2D eigenvalue weighted by molar-refractivity contribution is -0.143. The van der Waals surface area contributed by atoms with Gasteiger partial charge >= 0.3 is 5.97 Å². The van der Waals surface area contributed by atoms with Gasteiger partial charge in [-0.25, -0.2) is 0 Å². The number of hydrogen-bond acceptors (Lipinski definition) is 3. The molecule has 0 saturated heterocycles. The molecule has 0 unspecified atom stereocenters. The maximum atomic E-state index is 11.5. The molecule has 0 aromatic heterocycles. The van der Waals surface area contributed by atoms with Crippen LogP contribution in [0.5, 0.6) is 0 Å². The summed E-state index contributed by atoms with van der Waals surface area (Å²) in [5.74, 6) is 0.639. The minimum atomic E-state index is -0.161. The fraction of sp³-hybridized carbons (Fsp3) is 0.769. The molecule has 1 atom stereocenters. The van der Waals surface area contributed by atoms with Gasteiger partial charge in [0.05, 0.1) is 0 Å². The zero-order valence-corrected chi connectivity index (χ0v) is 10.8. The Bertz CT molecular complexity index is 224. The van der Waals surface area contributed by atoms with Crippen LogP contribution in [-0.4, -0.2) is 19.1 Å². The van der Waals surface area contributed by atoms with Crippen molar-refractivity contribution >= 4 is 5.97 Å². The predicted octanol–water partition coefficient (Wildman–Crippen LogP) is 2.51. The Balaban J connectivity index is 3.87. The highest BCUT2D eigenvalue weighted by molar-refractivity contribution is 5.69. The third kappa shape index (κ3) is 7.46. The van der Waals surface area contributed by atoms with Gasteiger partial charge in [-0.2, -0.15) is 0 Å². The zero-order chi connectivity index (χ0) is 12.6. The summed E-state index contributed by atoms with van der Waals surface area (Å²) in [4.78, 5) is 11.5. The van der Waals surface area contributed by atoms with Crippen molar-refractivity contribution in [3.63, 3.8) is 0 Å². The number of carbonyl (C=O) groups excluding carboxylic acids is 1. The molecule has 3 nitrogen and oxygen atoms in total. The second-order valence-electron chi connectivity index (χ2n) is 4.70. The van der Waals surface area contributed by atoms with Crippen molar-refractivity contribution in [1.82, 2.24) is 0 Å². The van der Waals surface area contributed by atoms with Crippen LogP contribution in [0.1, 0.15) is 40.0 Å². The fourth-order valence-electron chi connectivity index (χ4n) is 1.51. The monoisotopic (exact) mass is 227 g/mol. The van der Waals surface area contributed by atoms with Crippen molar-refractivity contribution in [3.8, 4) is 0 Å². The molecule has 2 N–H and O–H groups in total. The van der Waals surface area contributed by atoms with E-state index in [1.165, 1.54) is 0 Å². The molecule has 0 bridgehead atoms. The normalized spacial score (nSPS) is 12.6. The van der Waals surface area contributed by atoms with Gasteiger partial charge in [-0.1, -0.05) is 27.4 Å². The second kappa shape index (κ2) is 8.34. The van der Waals surface area contributed by atoms with Crippen LogP contribution in [0.25, 0.3) is 0 Å². The lowest BCUT2D eigenvalue weighted by Gasteiger charge is -2.16. The highest BCUT2D eigenvalue weighted by Crippen LogP contribution is 2.15. The van der Waals surface area contributed by atoms with E-state index in [9.17, 15) is 4.79 Å². The van der Waals surface area contributed by atoms with Crippen LogP contribution < -0.4 is 5.73 Å². The second-order valence-corrected chi connectivity index (χ2v) is 4.70. The van der Waals surface area contributed by atoms with Gasteiger partial charge in [0.25, 0.3) is 0 Å². The molecule has 0 aliphatic heterocycles. The van der Waals surface area contributed by atoms with E-state index in [1.807, 2.05) is 6.92 Å². The van der Waals surface area contributed by atoms with Crippen molar-refractivity contribution in [2.24, 2.45) is 17.6 Å². The van der Waals surface area contributed by atoms with E-state index in [2.05, 4.69) is 20.4 Å². The summed E-state index contributed by atoms with van der Waals surface area (Å²) in [6.45, 7) is 10.9. The van der Waals surface area contributed by atoms with Crippen LogP contribution in [0.4, 0.5) is 0 Å². The van der Waals surface area contributed by atoms with Gasteiger partial charge in [0.2, 0.25) is 0 Å². The molecule has 0 heterocycles. The van der Waals surface area contributed by atoms with E-state index >= 15 is 0 Å². The van der Waals surface area contributed by atoms with Crippen LogP contribution in [0.3, 0.4) is 0 Å². The first-order chi connectivity index (χ1) is 7.49. The first-order valence-corrected chi connectivity index (χ1v) is 6.01. The molecular formula is C13H25NO2. The summed E-state index contributed by atoms with van der Waals surface area (Å²) in [7, 11) is 0. The van der Waals surface area contributed by atoms with Gasteiger partial charge in [0, 0.05) is 6.42 Å². The zero-order valence-electron chi connectivity index (χ0n) is 10.8. The molecule has 0 fully saturated rings. The Labute approximate surface area is 99.0 Å². The van der Waals surface area contributed by atoms with E-state index in [-0.39, 0.29) is 11.9 Å². The molecule has 0 spiro atoms. The van der Waals surface area contributed by atoms with Crippen LogP contribution in [0.15, 0.2) is 12.2 Å². The molecule has 0 aliphatic carbocycles. The van der Waals surface area contributed by atoms with Gasteiger partial charge in [-0.15, -0.1) is 0 Å². The Morgan fingerprint density at radius 1 is 1.44 bits per heavy atom. The Morgan fingerprint density at radius 2 is 2.06 bits per heavy atom. The highest BCUT2D eigenvalue weighted by Gasteiger charge is 2.15. The third-order valence-electron chi connectivity index (χ3n) is 2.53.